The molecule has 62 heavy (non-hydrogen) atoms. The van der Waals surface area contributed by atoms with Gasteiger partial charge in [0.15, 0.2) is 5.84 Å². The molecular formula is C57H36N4O. The summed E-state index contributed by atoms with van der Waals surface area (Å²) in [6, 6.07) is 73.5. The smallest absolute Gasteiger partial charge is 0.159 e. The molecule has 3 heterocycles. The van der Waals surface area contributed by atoms with Crippen molar-refractivity contribution in [3.63, 3.8) is 0 Å². The summed E-state index contributed by atoms with van der Waals surface area (Å²) in [6.07, 6.45) is -0.413. The van der Waals surface area contributed by atoms with E-state index >= 15 is 0 Å². The van der Waals surface area contributed by atoms with Gasteiger partial charge in [-0.1, -0.05) is 158 Å². The predicted molar refractivity (Wildman–Crippen MR) is 258 cm³/mol. The lowest BCUT2D eigenvalue weighted by Gasteiger charge is -2.25. The van der Waals surface area contributed by atoms with Crippen molar-refractivity contribution in [3.05, 3.63) is 223 Å². The Labute approximate surface area is 356 Å². The van der Waals surface area contributed by atoms with Crippen molar-refractivity contribution in [2.75, 3.05) is 0 Å². The molecule has 1 unspecified atom stereocenters. The van der Waals surface area contributed by atoms with Crippen molar-refractivity contribution in [2.45, 2.75) is 6.17 Å². The Balaban J connectivity index is 1.09. The van der Waals surface area contributed by atoms with Gasteiger partial charge in [-0.25, -0.2) is 9.98 Å². The van der Waals surface area contributed by atoms with E-state index in [0.717, 1.165) is 72.1 Å². The Hall–Kier alpha value is -8.28. The average Bonchev–Trinajstić information content (AvgIpc) is 3.85. The van der Waals surface area contributed by atoms with E-state index in [1.807, 2.05) is 12.1 Å². The molecule has 1 atom stereocenters. The zero-order valence-electron chi connectivity index (χ0n) is 33.5. The molecule has 13 rings (SSSR count). The quantitative estimate of drug-likeness (QED) is 0.189. The number of nitrogens with one attached hydrogen (secondary N) is 1. The number of benzene rings is 10. The second-order valence-corrected chi connectivity index (χ2v) is 16.2. The summed E-state index contributed by atoms with van der Waals surface area (Å²) in [5, 5.41) is 15.4. The van der Waals surface area contributed by atoms with Crippen LogP contribution in [0.4, 0.5) is 0 Å². The van der Waals surface area contributed by atoms with E-state index in [1.54, 1.807) is 0 Å². The highest BCUT2D eigenvalue weighted by atomic mass is 16.3. The molecule has 0 amide bonds. The standard InChI is InChI=1S/C57H36N4O/c1-2-12-35(13-3-1)37-22-25-38(26-23-37)55-58-56(44-27-24-36-14-4-5-15-39(36)28-44)60-57(59-55)49-33-48-45-20-10-11-21-53(45)62-54(48)34-52(49)61-50-31-42-18-8-6-16-40(42)29-46(50)47-30-41-17-7-9-19-43(41)32-51(47)61/h1-34,55H,(H,58,59,60). The molecule has 0 fully saturated rings. The molecule has 290 valence electrons. The maximum absolute atomic E-state index is 6.67. The topological polar surface area (TPSA) is 54.8 Å². The average molecular weight is 793 g/mol. The second kappa shape index (κ2) is 13.6. The lowest BCUT2D eigenvalue weighted by atomic mass is 10.0. The molecule has 12 aromatic rings. The van der Waals surface area contributed by atoms with Crippen LogP contribution in [0.3, 0.4) is 0 Å². The fourth-order valence-corrected chi connectivity index (χ4v) is 9.49. The van der Waals surface area contributed by atoms with Crippen LogP contribution in [0.2, 0.25) is 0 Å². The lowest BCUT2D eigenvalue weighted by molar-refractivity contribution is 0.668. The molecule has 5 nitrogen and oxygen atoms in total. The molecule has 5 heteroatoms. The molecule has 1 aliphatic rings. The number of hydrogen-bond donors (Lipinski definition) is 1. The number of aromatic nitrogens is 1. The second-order valence-electron chi connectivity index (χ2n) is 16.2. The first-order chi connectivity index (χ1) is 30.7. The highest BCUT2D eigenvalue weighted by Crippen LogP contribution is 2.41. The minimum atomic E-state index is -0.413. The van der Waals surface area contributed by atoms with Gasteiger partial charge < -0.3 is 14.3 Å². The van der Waals surface area contributed by atoms with Crippen molar-refractivity contribution in [2.24, 2.45) is 9.98 Å². The van der Waals surface area contributed by atoms with E-state index in [9.17, 15) is 0 Å². The van der Waals surface area contributed by atoms with Crippen LogP contribution in [0.5, 0.6) is 0 Å². The van der Waals surface area contributed by atoms with E-state index < -0.39 is 6.17 Å². The van der Waals surface area contributed by atoms with E-state index in [2.05, 4.69) is 204 Å². The van der Waals surface area contributed by atoms with Crippen LogP contribution >= 0.6 is 0 Å². The van der Waals surface area contributed by atoms with Gasteiger partial charge in [-0.2, -0.15) is 0 Å². The summed E-state index contributed by atoms with van der Waals surface area (Å²) in [7, 11) is 0. The zero-order valence-corrected chi connectivity index (χ0v) is 33.5. The number of aliphatic imine (C=N–C) groups is 2. The van der Waals surface area contributed by atoms with Gasteiger partial charge in [0.1, 0.15) is 23.2 Å². The molecule has 1 N–H and O–H groups in total. The molecule has 0 bridgehead atoms. The van der Waals surface area contributed by atoms with Crippen molar-refractivity contribution in [1.82, 2.24) is 9.88 Å². The highest BCUT2D eigenvalue weighted by molar-refractivity contribution is 6.20. The Bertz CT molecular complexity index is 3740. The summed E-state index contributed by atoms with van der Waals surface area (Å²) in [5.41, 5.74) is 10.1. The van der Waals surface area contributed by atoms with E-state index in [0.29, 0.717) is 5.84 Å². The van der Waals surface area contributed by atoms with Gasteiger partial charge in [-0.3, -0.25) is 0 Å². The lowest BCUT2D eigenvalue weighted by Crippen LogP contribution is -2.34. The van der Waals surface area contributed by atoms with E-state index in [4.69, 9.17) is 14.4 Å². The SMILES string of the molecule is c1ccc(-c2ccc(C3N=C(c4ccc5ccccc5c4)N=C(c4cc5c(cc4-n4c6cc7ccccc7cc6c6cc7ccccc7cc64)oc4ccccc45)N3)cc2)cc1. The Morgan fingerprint density at radius 3 is 1.68 bits per heavy atom. The Morgan fingerprint density at radius 2 is 0.984 bits per heavy atom. The number of para-hydroxylation sites is 1. The van der Waals surface area contributed by atoms with Gasteiger partial charge in [0.25, 0.3) is 0 Å². The first-order valence-electron chi connectivity index (χ1n) is 21.1. The molecule has 0 radical (unpaired) electrons. The summed E-state index contributed by atoms with van der Waals surface area (Å²) in [6.45, 7) is 0. The predicted octanol–water partition coefficient (Wildman–Crippen LogP) is 14.3. The Kier molecular flexibility index (Phi) is 7.60. The molecule has 0 aliphatic carbocycles. The molecule has 0 spiro atoms. The number of hydrogen-bond acceptors (Lipinski definition) is 4. The van der Waals surface area contributed by atoms with Crippen LogP contribution < -0.4 is 5.32 Å². The first-order valence-corrected chi connectivity index (χ1v) is 21.1. The number of amidine groups is 2. The normalized spacial score (nSPS) is 14.3. The highest BCUT2D eigenvalue weighted by Gasteiger charge is 2.27. The van der Waals surface area contributed by atoms with Crippen LogP contribution in [0, 0.1) is 0 Å². The van der Waals surface area contributed by atoms with Crippen LogP contribution in [-0.4, -0.2) is 16.2 Å². The van der Waals surface area contributed by atoms with Gasteiger partial charge >= 0.3 is 0 Å². The van der Waals surface area contributed by atoms with Gasteiger partial charge in [0.05, 0.1) is 16.7 Å². The summed E-state index contributed by atoms with van der Waals surface area (Å²) < 4.78 is 9.09. The molecule has 1 aliphatic heterocycles. The number of furan rings is 1. The van der Waals surface area contributed by atoms with Crippen molar-refractivity contribution < 1.29 is 4.42 Å². The minimum Gasteiger partial charge on any atom is -0.456 e. The van der Waals surface area contributed by atoms with Gasteiger partial charge in [-0.15, -0.1) is 0 Å². The number of fused-ring (bicyclic) bond motifs is 9. The van der Waals surface area contributed by atoms with Crippen molar-refractivity contribution in [3.8, 4) is 16.8 Å². The van der Waals surface area contributed by atoms with Gasteiger partial charge in [0.2, 0.25) is 0 Å². The maximum Gasteiger partial charge on any atom is 0.159 e. The van der Waals surface area contributed by atoms with E-state index in [-0.39, 0.29) is 0 Å². The van der Waals surface area contributed by atoms with Crippen LogP contribution in [-0.2, 0) is 0 Å². The summed E-state index contributed by atoms with van der Waals surface area (Å²) in [4.78, 5) is 10.8. The minimum absolute atomic E-state index is 0.413. The van der Waals surface area contributed by atoms with Crippen molar-refractivity contribution in [1.29, 1.82) is 0 Å². The monoisotopic (exact) mass is 792 g/mol. The number of rotatable bonds is 5. The van der Waals surface area contributed by atoms with Gasteiger partial charge in [0, 0.05) is 38.7 Å². The molecule has 10 aromatic carbocycles. The fourth-order valence-electron chi connectivity index (χ4n) is 9.49. The zero-order chi connectivity index (χ0) is 40.7. The van der Waals surface area contributed by atoms with Crippen LogP contribution in [0.1, 0.15) is 22.9 Å². The first kappa shape index (κ1) is 34.6. The molecule has 0 saturated carbocycles. The largest absolute Gasteiger partial charge is 0.456 e. The van der Waals surface area contributed by atoms with Crippen LogP contribution in [0.25, 0.3) is 92.9 Å². The summed E-state index contributed by atoms with van der Waals surface area (Å²) >= 11 is 0. The third kappa shape index (κ3) is 5.56. The Morgan fingerprint density at radius 1 is 0.419 bits per heavy atom. The molecule has 0 saturated heterocycles. The van der Waals surface area contributed by atoms with Gasteiger partial charge in [-0.05, 0) is 91.5 Å². The third-order valence-corrected chi connectivity index (χ3v) is 12.6. The third-order valence-electron chi connectivity index (χ3n) is 12.6. The van der Waals surface area contributed by atoms with E-state index in [1.165, 1.54) is 43.3 Å². The maximum atomic E-state index is 6.67. The fraction of sp³-hybridized carbons (Fsp3) is 0.0175. The number of nitrogens with zero attached hydrogens (tertiary/aromatic N) is 3. The van der Waals surface area contributed by atoms with Crippen molar-refractivity contribution >= 4 is 87.7 Å². The van der Waals surface area contributed by atoms with Crippen LogP contribution in [0.15, 0.2) is 221 Å². The molecular weight excluding hydrogens is 757 g/mol. The molecule has 2 aromatic heterocycles. The summed E-state index contributed by atoms with van der Waals surface area (Å²) in [5.74, 6) is 1.41.